The first kappa shape index (κ1) is 13.9. The first-order valence-electron chi connectivity index (χ1n) is 6.17. The van der Waals surface area contributed by atoms with Gasteiger partial charge in [-0.2, -0.15) is 0 Å². The van der Waals surface area contributed by atoms with Gasteiger partial charge in [-0.3, -0.25) is 0 Å². The van der Waals surface area contributed by atoms with Crippen molar-refractivity contribution >= 4 is 28.9 Å². The van der Waals surface area contributed by atoms with Gasteiger partial charge >= 0.3 is 6.03 Å². The number of carbonyl (C=O) groups excluding carboxylic acids is 1. The number of nitrogens with zero attached hydrogens (tertiary/aromatic N) is 1. The summed E-state index contributed by atoms with van der Waals surface area (Å²) in [6, 6.07) is 5.29. The lowest BCUT2D eigenvalue weighted by Crippen LogP contribution is -2.43. The molecule has 1 aliphatic rings. The predicted octanol–water partition coefficient (Wildman–Crippen LogP) is 3.24. The first-order chi connectivity index (χ1) is 9.09. The van der Waals surface area contributed by atoms with Crippen molar-refractivity contribution in [2.75, 3.05) is 31.6 Å². The number of anilines is 1. The van der Waals surface area contributed by atoms with E-state index in [1.165, 1.54) is 0 Å². The number of benzene rings is 1. The lowest BCUT2D eigenvalue weighted by Gasteiger charge is -2.27. The van der Waals surface area contributed by atoms with Crippen LogP contribution in [0.1, 0.15) is 12.5 Å². The average molecular weight is 281 g/mol. The molecule has 2 amide bonds. The molecule has 0 aliphatic carbocycles. The number of urea groups is 1. The number of hydrogen-bond donors (Lipinski definition) is 1. The summed E-state index contributed by atoms with van der Waals surface area (Å²) >= 11 is 6.15. The molecule has 0 atom stereocenters. The SMILES string of the molecule is C=C(C)c1c(Cl)cccc1NC(=O)N1CCOCC1. The predicted molar refractivity (Wildman–Crippen MR) is 77.6 cm³/mol. The zero-order valence-electron chi connectivity index (χ0n) is 10.9. The quantitative estimate of drug-likeness (QED) is 0.904. The largest absolute Gasteiger partial charge is 0.378 e. The van der Waals surface area contributed by atoms with E-state index in [9.17, 15) is 4.79 Å². The molecule has 1 saturated heterocycles. The molecular formula is C14H17ClN2O2. The fourth-order valence-corrected chi connectivity index (χ4v) is 2.36. The maximum atomic E-state index is 12.1. The van der Waals surface area contributed by atoms with Gasteiger partial charge in [0.15, 0.2) is 0 Å². The Morgan fingerprint density at radius 1 is 1.42 bits per heavy atom. The minimum atomic E-state index is -0.131. The van der Waals surface area contributed by atoms with Crippen molar-refractivity contribution in [3.8, 4) is 0 Å². The minimum absolute atomic E-state index is 0.131. The van der Waals surface area contributed by atoms with Crippen LogP contribution in [0, 0.1) is 0 Å². The fourth-order valence-electron chi connectivity index (χ4n) is 2.02. The van der Waals surface area contributed by atoms with Crippen molar-refractivity contribution in [1.29, 1.82) is 0 Å². The molecule has 102 valence electrons. The zero-order chi connectivity index (χ0) is 13.8. The molecule has 5 heteroatoms. The van der Waals surface area contributed by atoms with Gasteiger partial charge in [0.1, 0.15) is 0 Å². The van der Waals surface area contributed by atoms with E-state index >= 15 is 0 Å². The number of amides is 2. The molecule has 0 bridgehead atoms. The Bertz CT molecular complexity index is 496. The lowest BCUT2D eigenvalue weighted by atomic mass is 10.1. The highest BCUT2D eigenvalue weighted by atomic mass is 35.5. The Kier molecular flexibility index (Phi) is 4.45. The number of hydrogen-bond acceptors (Lipinski definition) is 2. The third-order valence-electron chi connectivity index (χ3n) is 2.98. The second kappa shape index (κ2) is 6.08. The molecule has 1 fully saturated rings. The van der Waals surface area contributed by atoms with E-state index in [0.717, 1.165) is 11.1 Å². The highest BCUT2D eigenvalue weighted by Gasteiger charge is 2.18. The Labute approximate surface area is 118 Å². The minimum Gasteiger partial charge on any atom is -0.378 e. The van der Waals surface area contributed by atoms with E-state index in [1.807, 2.05) is 19.1 Å². The molecule has 1 aliphatic heterocycles. The molecule has 1 N–H and O–H groups in total. The van der Waals surface area contributed by atoms with E-state index < -0.39 is 0 Å². The van der Waals surface area contributed by atoms with E-state index in [2.05, 4.69) is 11.9 Å². The molecule has 0 radical (unpaired) electrons. The molecule has 4 nitrogen and oxygen atoms in total. The Hall–Kier alpha value is -1.52. The summed E-state index contributed by atoms with van der Waals surface area (Å²) in [6.07, 6.45) is 0. The van der Waals surface area contributed by atoms with Crippen LogP contribution in [-0.4, -0.2) is 37.2 Å². The number of morpholine rings is 1. The zero-order valence-corrected chi connectivity index (χ0v) is 11.7. The van der Waals surface area contributed by atoms with Gasteiger partial charge in [0.05, 0.1) is 23.9 Å². The Balaban J connectivity index is 2.16. The smallest absolute Gasteiger partial charge is 0.322 e. The van der Waals surface area contributed by atoms with Crippen molar-refractivity contribution in [3.63, 3.8) is 0 Å². The van der Waals surface area contributed by atoms with Crippen LogP contribution in [-0.2, 0) is 4.74 Å². The number of carbonyl (C=O) groups is 1. The molecule has 0 unspecified atom stereocenters. The maximum Gasteiger partial charge on any atom is 0.322 e. The second-order valence-corrected chi connectivity index (χ2v) is 4.88. The first-order valence-corrected chi connectivity index (χ1v) is 6.55. The van der Waals surface area contributed by atoms with Gasteiger partial charge in [-0.05, 0) is 24.6 Å². The van der Waals surface area contributed by atoms with Crippen molar-refractivity contribution in [3.05, 3.63) is 35.4 Å². The van der Waals surface area contributed by atoms with Crippen LogP contribution in [0.15, 0.2) is 24.8 Å². The summed E-state index contributed by atoms with van der Waals surface area (Å²) in [5.74, 6) is 0. The van der Waals surface area contributed by atoms with E-state index in [1.54, 1.807) is 11.0 Å². The normalized spacial score (nSPS) is 15.2. The monoisotopic (exact) mass is 280 g/mol. The van der Waals surface area contributed by atoms with Crippen molar-refractivity contribution in [1.82, 2.24) is 4.90 Å². The molecule has 1 heterocycles. The average Bonchev–Trinajstić information content (AvgIpc) is 2.39. The Morgan fingerprint density at radius 2 is 2.11 bits per heavy atom. The number of allylic oxidation sites excluding steroid dienone is 1. The summed E-state index contributed by atoms with van der Waals surface area (Å²) in [5, 5.41) is 3.48. The van der Waals surface area contributed by atoms with Crippen LogP contribution in [0.3, 0.4) is 0 Å². The second-order valence-electron chi connectivity index (χ2n) is 4.47. The molecule has 1 aromatic carbocycles. The van der Waals surface area contributed by atoms with E-state index in [0.29, 0.717) is 37.0 Å². The van der Waals surface area contributed by atoms with Crippen molar-refractivity contribution in [2.24, 2.45) is 0 Å². The summed E-state index contributed by atoms with van der Waals surface area (Å²) in [4.78, 5) is 13.9. The number of rotatable bonds is 2. The molecule has 0 saturated carbocycles. The molecule has 0 aromatic heterocycles. The van der Waals surface area contributed by atoms with Gasteiger partial charge in [0, 0.05) is 18.7 Å². The highest BCUT2D eigenvalue weighted by molar-refractivity contribution is 6.33. The van der Waals surface area contributed by atoms with Crippen LogP contribution < -0.4 is 5.32 Å². The van der Waals surface area contributed by atoms with Crippen LogP contribution >= 0.6 is 11.6 Å². The van der Waals surface area contributed by atoms with Crippen LogP contribution in [0.5, 0.6) is 0 Å². The Morgan fingerprint density at radius 3 is 2.74 bits per heavy atom. The van der Waals surface area contributed by atoms with Crippen LogP contribution in [0.25, 0.3) is 5.57 Å². The van der Waals surface area contributed by atoms with Gasteiger partial charge in [-0.15, -0.1) is 0 Å². The molecule has 0 spiro atoms. The summed E-state index contributed by atoms with van der Waals surface area (Å²) in [7, 11) is 0. The lowest BCUT2D eigenvalue weighted by molar-refractivity contribution is 0.0564. The standard InChI is InChI=1S/C14H17ClN2O2/c1-10(2)13-11(15)4-3-5-12(13)16-14(18)17-6-8-19-9-7-17/h3-5H,1,6-9H2,2H3,(H,16,18). The molecule has 19 heavy (non-hydrogen) atoms. The van der Waals surface area contributed by atoms with Crippen molar-refractivity contribution in [2.45, 2.75) is 6.92 Å². The van der Waals surface area contributed by atoms with Gasteiger partial charge in [0.2, 0.25) is 0 Å². The van der Waals surface area contributed by atoms with Crippen LogP contribution in [0.2, 0.25) is 5.02 Å². The van der Waals surface area contributed by atoms with Gasteiger partial charge in [-0.25, -0.2) is 4.79 Å². The van der Waals surface area contributed by atoms with Gasteiger partial charge < -0.3 is 15.0 Å². The number of nitrogens with one attached hydrogen (secondary N) is 1. The third-order valence-corrected chi connectivity index (χ3v) is 3.30. The van der Waals surface area contributed by atoms with E-state index in [4.69, 9.17) is 16.3 Å². The molecular weight excluding hydrogens is 264 g/mol. The highest BCUT2D eigenvalue weighted by Crippen LogP contribution is 2.30. The summed E-state index contributed by atoms with van der Waals surface area (Å²) in [6.45, 7) is 8.14. The fraction of sp³-hybridized carbons (Fsp3) is 0.357. The van der Waals surface area contributed by atoms with E-state index in [-0.39, 0.29) is 6.03 Å². The maximum absolute atomic E-state index is 12.1. The van der Waals surface area contributed by atoms with Gasteiger partial charge in [-0.1, -0.05) is 24.2 Å². The van der Waals surface area contributed by atoms with Crippen LogP contribution in [0.4, 0.5) is 10.5 Å². The van der Waals surface area contributed by atoms with Crippen molar-refractivity contribution < 1.29 is 9.53 Å². The number of ether oxygens (including phenoxy) is 1. The number of halogens is 1. The topological polar surface area (TPSA) is 41.6 Å². The molecule has 2 rings (SSSR count). The summed E-state index contributed by atoms with van der Waals surface area (Å²) < 4.78 is 5.22. The summed E-state index contributed by atoms with van der Waals surface area (Å²) in [5.41, 5.74) is 2.30. The third kappa shape index (κ3) is 3.28. The van der Waals surface area contributed by atoms with Gasteiger partial charge in [0.25, 0.3) is 0 Å². The molecule has 1 aromatic rings.